The average molecular weight is 320 g/mol. The van der Waals surface area contributed by atoms with E-state index in [0.29, 0.717) is 38.3 Å². The number of carbonyl (C=O) groups is 2. The van der Waals surface area contributed by atoms with Crippen LogP contribution in [0, 0.1) is 5.82 Å². The molecule has 0 radical (unpaired) electrons. The number of halogens is 1. The molecular weight excluding hydrogens is 299 g/mol. The van der Waals surface area contributed by atoms with Gasteiger partial charge in [0, 0.05) is 32.8 Å². The minimum atomic E-state index is -0.331. The Balaban J connectivity index is 1.50. The topological polar surface area (TPSA) is 49.9 Å². The fourth-order valence-corrected chi connectivity index (χ4v) is 3.09. The van der Waals surface area contributed by atoms with Crippen LogP contribution in [0.4, 0.5) is 4.39 Å². The standard InChI is InChI=1S/C17H21FN2O3/c18-14-4-1-3-13(11-14)12-16(21)19-6-8-20(9-7-19)17(22)15-5-2-10-23-15/h1,3-4,11,15H,2,5-10,12H2. The zero-order valence-corrected chi connectivity index (χ0v) is 13.0. The van der Waals surface area contributed by atoms with Crippen molar-refractivity contribution >= 4 is 11.8 Å². The van der Waals surface area contributed by atoms with E-state index in [-0.39, 0.29) is 30.2 Å². The first-order chi connectivity index (χ1) is 11.1. The molecule has 2 saturated heterocycles. The van der Waals surface area contributed by atoms with E-state index >= 15 is 0 Å². The highest BCUT2D eigenvalue weighted by Gasteiger charge is 2.31. The van der Waals surface area contributed by atoms with Crippen molar-refractivity contribution in [3.63, 3.8) is 0 Å². The van der Waals surface area contributed by atoms with Gasteiger partial charge in [0.25, 0.3) is 5.91 Å². The fraction of sp³-hybridized carbons (Fsp3) is 0.529. The smallest absolute Gasteiger partial charge is 0.251 e. The maximum absolute atomic E-state index is 13.2. The summed E-state index contributed by atoms with van der Waals surface area (Å²) in [7, 11) is 0. The fourth-order valence-electron chi connectivity index (χ4n) is 3.09. The first-order valence-corrected chi connectivity index (χ1v) is 8.06. The monoisotopic (exact) mass is 320 g/mol. The Hall–Kier alpha value is -1.95. The van der Waals surface area contributed by atoms with Crippen LogP contribution < -0.4 is 0 Å². The Morgan fingerprint density at radius 1 is 1.17 bits per heavy atom. The minimum absolute atomic E-state index is 0.0279. The normalized spacial score (nSPS) is 21.5. The summed E-state index contributed by atoms with van der Waals surface area (Å²) in [6.07, 6.45) is 1.61. The van der Waals surface area contributed by atoms with Crippen LogP contribution in [0.15, 0.2) is 24.3 Å². The van der Waals surface area contributed by atoms with Crippen molar-refractivity contribution in [1.29, 1.82) is 0 Å². The molecule has 5 nitrogen and oxygen atoms in total. The van der Waals surface area contributed by atoms with Crippen LogP contribution in [0.25, 0.3) is 0 Å². The van der Waals surface area contributed by atoms with Crippen molar-refractivity contribution in [2.24, 2.45) is 0 Å². The SMILES string of the molecule is O=C(Cc1cccc(F)c1)N1CCN(C(=O)C2CCCO2)CC1. The second-order valence-corrected chi connectivity index (χ2v) is 6.01. The number of rotatable bonds is 3. The zero-order valence-electron chi connectivity index (χ0n) is 13.0. The molecule has 6 heteroatoms. The molecule has 124 valence electrons. The van der Waals surface area contributed by atoms with Crippen LogP contribution in [-0.4, -0.2) is 60.5 Å². The molecule has 2 heterocycles. The Morgan fingerprint density at radius 2 is 1.91 bits per heavy atom. The van der Waals surface area contributed by atoms with Gasteiger partial charge in [0.2, 0.25) is 5.91 Å². The number of hydrogen-bond acceptors (Lipinski definition) is 3. The lowest BCUT2D eigenvalue weighted by Crippen LogP contribution is -2.53. The van der Waals surface area contributed by atoms with Gasteiger partial charge in [-0.3, -0.25) is 9.59 Å². The summed E-state index contributed by atoms with van der Waals surface area (Å²) in [5.74, 6) is -0.318. The number of hydrogen-bond donors (Lipinski definition) is 0. The van der Waals surface area contributed by atoms with Crippen molar-refractivity contribution in [3.8, 4) is 0 Å². The van der Waals surface area contributed by atoms with E-state index in [2.05, 4.69) is 0 Å². The Morgan fingerprint density at radius 3 is 2.57 bits per heavy atom. The molecule has 0 N–H and O–H groups in total. The average Bonchev–Trinajstić information content (AvgIpc) is 3.09. The van der Waals surface area contributed by atoms with Gasteiger partial charge in [0.1, 0.15) is 11.9 Å². The summed E-state index contributed by atoms with van der Waals surface area (Å²) in [6, 6.07) is 6.10. The van der Waals surface area contributed by atoms with Gasteiger partial charge < -0.3 is 14.5 Å². The molecule has 2 fully saturated rings. The van der Waals surface area contributed by atoms with Gasteiger partial charge in [-0.25, -0.2) is 4.39 Å². The Labute approximate surface area is 135 Å². The second kappa shape index (κ2) is 7.08. The van der Waals surface area contributed by atoms with Gasteiger partial charge in [-0.05, 0) is 30.5 Å². The van der Waals surface area contributed by atoms with Gasteiger partial charge in [-0.15, -0.1) is 0 Å². The number of nitrogens with zero attached hydrogens (tertiary/aromatic N) is 2. The van der Waals surface area contributed by atoms with Gasteiger partial charge in [-0.2, -0.15) is 0 Å². The molecule has 1 atom stereocenters. The molecule has 2 amide bonds. The second-order valence-electron chi connectivity index (χ2n) is 6.01. The first-order valence-electron chi connectivity index (χ1n) is 8.06. The highest BCUT2D eigenvalue weighted by molar-refractivity contribution is 5.82. The number of piperazine rings is 1. The van der Waals surface area contributed by atoms with E-state index in [1.807, 2.05) is 0 Å². The van der Waals surface area contributed by atoms with E-state index in [1.54, 1.807) is 21.9 Å². The molecular formula is C17H21FN2O3. The number of benzene rings is 1. The summed E-state index contributed by atoms with van der Waals surface area (Å²) in [5.41, 5.74) is 0.674. The molecule has 1 aromatic rings. The summed E-state index contributed by atoms with van der Waals surface area (Å²) in [4.78, 5) is 28.1. The van der Waals surface area contributed by atoms with E-state index in [4.69, 9.17) is 4.74 Å². The lowest BCUT2D eigenvalue weighted by molar-refractivity contribution is -0.145. The van der Waals surface area contributed by atoms with Crippen molar-refractivity contribution in [2.75, 3.05) is 32.8 Å². The lowest BCUT2D eigenvalue weighted by atomic mass is 10.1. The molecule has 2 aliphatic rings. The van der Waals surface area contributed by atoms with Crippen molar-refractivity contribution in [1.82, 2.24) is 9.80 Å². The highest BCUT2D eigenvalue weighted by atomic mass is 19.1. The first kappa shape index (κ1) is 15.9. The van der Waals surface area contributed by atoms with Gasteiger partial charge in [0.15, 0.2) is 0 Å². The van der Waals surface area contributed by atoms with Gasteiger partial charge in [-0.1, -0.05) is 12.1 Å². The van der Waals surface area contributed by atoms with Crippen LogP contribution in [0.2, 0.25) is 0 Å². The summed E-state index contributed by atoms with van der Waals surface area (Å²) >= 11 is 0. The molecule has 0 aromatic heterocycles. The predicted molar refractivity (Wildman–Crippen MR) is 82.2 cm³/mol. The quantitative estimate of drug-likeness (QED) is 0.841. The number of ether oxygens (including phenoxy) is 1. The Bertz CT molecular complexity index is 579. The third-order valence-electron chi connectivity index (χ3n) is 4.39. The van der Waals surface area contributed by atoms with Crippen molar-refractivity contribution in [2.45, 2.75) is 25.4 Å². The maximum Gasteiger partial charge on any atom is 0.251 e. The van der Waals surface area contributed by atoms with E-state index < -0.39 is 0 Å². The molecule has 0 spiro atoms. The molecule has 0 bridgehead atoms. The zero-order chi connectivity index (χ0) is 16.2. The molecule has 0 saturated carbocycles. The Kier molecular flexibility index (Phi) is 4.91. The molecule has 0 aliphatic carbocycles. The molecule has 2 aliphatic heterocycles. The minimum Gasteiger partial charge on any atom is -0.368 e. The summed E-state index contributed by atoms with van der Waals surface area (Å²) in [6.45, 7) is 2.77. The largest absolute Gasteiger partial charge is 0.368 e. The van der Waals surface area contributed by atoms with Gasteiger partial charge in [0.05, 0.1) is 6.42 Å². The van der Waals surface area contributed by atoms with Gasteiger partial charge >= 0.3 is 0 Å². The lowest BCUT2D eigenvalue weighted by Gasteiger charge is -2.35. The summed E-state index contributed by atoms with van der Waals surface area (Å²) < 4.78 is 18.6. The van der Waals surface area contributed by atoms with Crippen LogP contribution >= 0.6 is 0 Å². The molecule has 3 rings (SSSR count). The summed E-state index contributed by atoms with van der Waals surface area (Å²) in [5, 5.41) is 0. The third-order valence-corrected chi connectivity index (χ3v) is 4.39. The maximum atomic E-state index is 13.2. The van der Waals surface area contributed by atoms with Crippen LogP contribution in [0.3, 0.4) is 0 Å². The van der Waals surface area contributed by atoms with Crippen LogP contribution in [0.5, 0.6) is 0 Å². The van der Waals surface area contributed by atoms with E-state index in [0.717, 1.165) is 12.8 Å². The molecule has 1 unspecified atom stereocenters. The number of amides is 2. The molecule has 23 heavy (non-hydrogen) atoms. The van der Waals surface area contributed by atoms with Crippen molar-refractivity contribution < 1.29 is 18.7 Å². The third kappa shape index (κ3) is 3.88. The van der Waals surface area contributed by atoms with Crippen molar-refractivity contribution in [3.05, 3.63) is 35.6 Å². The molecule has 1 aromatic carbocycles. The predicted octanol–water partition coefficient (Wildman–Crippen LogP) is 1.22. The highest BCUT2D eigenvalue weighted by Crippen LogP contribution is 2.16. The van der Waals surface area contributed by atoms with Crippen LogP contribution in [0.1, 0.15) is 18.4 Å². The number of carbonyl (C=O) groups excluding carboxylic acids is 2. The van der Waals surface area contributed by atoms with E-state index in [1.165, 1.54) is 12.1 Å². The van der Waals surface area contributed by atoms with Crippen LogP contribution in [-0.2, 0) is 20.7 Å². The van der Waals surface area contributed by atoms with E-state index in [9.17, 15) is 14.0 Å².